The van der Waals surface area contributed by atoms with E-state index < -0.39 is 0 Å². The van der Waals surface area contributed by atoms with Crippen LogP contribution in [0.15, 0.2) is 0 Å². The minimum Gasteiger partial charge on any atom is -0.375 e. The van der Waals surface area contributed by atoms with Gasteiger partial charge in [-0.15, -0.1) is 12.4 Å². The lowest BCUT2D eigenvalue weighted by atomic mass is 10.1. The van der Waals surface area contributed by atoms with Gasteiger partial charge in [-0.1, -0.05) is 19.3 Å². The average molecular weight is 277 g/mol. The molecule has 1 amide bonds. The Labute approximate surface area is 116 Å². The van der Waals surface area contributed by atoms with Crippen molar-refractivity contribution in [1.82, 2.24) is 10.2 Å². The zero-order valence-corrected chi connectivity index (χ0v) is 12.0. The highest BCUT2D eigenvalue weighted by Gasteiger charge is 2.31. The second kappa shape index (κ2) is 7.97. The van der Waals surface area contributed by atoms with E-state index in [0.717, 1.165) is 32.5 Å². The van der Waals surface area contributed by atoms with Crippen LogP contribution in [0, 0.1) is 0 Å². The predicted molar refractivity (Wildman–Crippen MR) is 74.1 cm³/mol. The van der Waals surface area contributed by atoms with Gasteiger partial charge in [-0.05, 0) is 19.8 Å². The van der Waals surface area contributed by atoms with Crippen LogP contribution in [0.1, 0.15) is 39.0 Å². The Balaban J connectivity index is 0.00000162. The molecule has 0 aromatic rings. The van der Waals surface area contributed by atoms with Crippen LogP contribution in [0.2, 0.25) is 0 Å². The van der Waals surface area contributed by atoms with Crippen molar-refractivity contribution in [2.45, 2.75) is 51.2 Å². The van der Waals surface area contributed by atoms with Gasteiger partial charge in [-0.25, -0.2) is 0 Å². The van der Waals surface area contributed by atoms with Gasteiger partial charge in [0.15, 0.2) is 0 Å². The summed E-state index contributed by atoms with van der Waals surface area (Å²) in [5.41, 5.74) is 0. The molecular formula is C13H25ClN2O2. The van der Waals surface area contributed by atoms with Crippen LogP contribution < -0.4 is 5.32 Å². The van der Waals surface area contributed by atoms with Crippen LogP contribution in [-0.4, -0.2) is 49.2 Å². The Morgan fingerprint density at radius 2 is 1.78 bits per heavy atom. The Morgan fingerprint density at radius 1 is 1.17 bits per heavy atom. The molecule has 0 aromatic heterocycles. The van der Waals surface area contributed by atoms with Crippen LogP contribution in [0.4, 0.5) is 0 Å². The first-order valence-corrected chi connectivity index (χ1v) is 6.93. The number of amides is 1. The summed E-state index contributed by atoms with van der Waals surface area (Å²) in [4.78, 5) is 14.4. The molecule has 0 spiro atoms. The largest absolute Gasteiger partial charge is 0.375 e. The Bertz CT molecular complexity index is 255. The minimum atomic E-state index is -0.136. The summed E-state index contributed by atoms with van der Waals surface area (Å²) in [5.74, 6) is 0.235. The van der Waals surface area contributed by atoms with Crippen molar-refractivity contribution >= 4 is 18.3 Å². The van der Waals surface area contributed by atoms with Gasteiger partial charge in [0, 0.05) is 19.6 Å². The van der Waals surface area contributed by atoms with Crippen molar-refractivity contribution in [1.29, 1.82) is 0 Å². The fourth-order valence-electron chi connectivity index (χ4n) is 2.67. The smallest absolute Gasteiger partial charge is 0.242 e. The van der Waals surface area contributed by atoms with Gasteiger partial charge < -0.3 is 15.0 Å². The summed E-state index contributed by atoms with van der Waals surface area (Å²) in [6.07, 6.45) is 6.13. The quantitative estimate of drug-likeness (QED) is 0.791. The topological polar surface area (TPSA) is 41.6 Å². The van der Waals surface area contributed by atoms with E-state index in [1.54, 1.807) is 0 Å². The van der Waals surface area contributed by atoms with Gasteiger partial charge in [0.25, 0.3) is 0 Å². The molecule has 5 heteroatoms. The molecule has 2 saturated heterocycles. The lowest BCUT2D eigenvalue weighted by molar-refractivity contribution is -0.139. The summed E-state index contributed by atoms with van der Waals surface area (Å²) < 4.78 is 5.55. The summed E-state index contributed by atoms with van der Waals surface area (Å²) in [5, 5.41) is 3.29. The van der Waals surface area contributed by atoms with E-state index in [1.807, 2.05) is 11.8 Å². The third-order valence-electron chi connectivity index (χ3n) is 3.75. The third-order valence-corrected chi connectivity index (χ3v) is 3.75. The molecule has 1 N–H and O–H groups in total. The number of halogens is 1. The molecule has 2 aliphatic rings. The standard InChI is InChI=1S/C13H24N2O2.ClH/c1-11-12(14-7-10-17-11)13(16)15-8-5-3-2-4-6-9-15;/h11-12,14H,2-10H2,1H3;1H/t11-,12+;/m1./s1. The van der Waals surface area contributed by atoms with Crippen molar-refractivity contribution < 1.29 is 9.53 Å². The molecule has 2 fully saturated rings. The van der Waals surface area contributed by atoms with Gasteiger partial charge in [-0.2, -0.15) is 0 Å². The molecule has 0 aromatic carbocycles. The zero-order valence-electron chi connectivity index (χ0n) is 11.2. The van der Waals surface area contributed by atoms with Gasteiger partial charge in [0.1, 0.15) is 6.04 Å². The van der Waals surface area contributed by atoms with Crippen LogP contribution in [0.5, 0.6) is 0 Å². The number of ether oxygens (including phenoxy) is 1. The lowest BCUT2D eigenvalue weighted by Gasteiger charge is -2.34. The van der Waals surface area contributed by atoms with Crippen molar-refractivity contribution in [2.24, 2.45) is 0 Å². The van der Waals surface area contributed by atoms with Crippen LogP contribution in [0.3, 0.4) is 0 Å². The number of hydrogen-bond donors (Lipinski definition) is 1. The SMILES string of the molecule is C[C@H]1OCCN[C@@H]1C(=O)N1CCCCCCC1.Cl. The summed E-state index contributed by atoms with van der Waals surface area (Å²) >= 11 is 0. The van der Waals surface area contributed by atoms with E-state index in [4.69, 9.17) is 4.74 Å². The van der Waals surface area contributed by atoms with Crippen molar-refractivity contribution in [3.05, 3.63) is 0 Å². The number of carbonyl (C=O) groups is 1. The van der Waals surface area contributed by atoms with E-state index in [9.17, 15) is 4.79 Å². The lowest BCUT2D eigenvalue weighted by Crippen LogP contribution is -2.56. The molecule has 2 aliphatic heterocycles. The fraction of sp³-hybridized carbons (Fsp3) is 0.923. The number of nitrogens with zero attached hydrogens (tertiary/aromatic N) is 1. The summed E-state index contributed by atoms with van der Waals surface area (Å²) in [7, 11) is 0. The number of rotatable bonds is 1. The highest BCUT2D eigenvalue weighted by molar-refractivity contribution is 5.85. The second-order valence-electron chi connectivity index (χ2n) is 5.10. The van der Waals surface area contributed by atoms with Crippen LogP contribution >= 0.6 is 12.4 Å². The number of morpholine rings is 1. The van der Waals surface area contributed by atoms with E-state index >= 15 is 0 Å². The molecule has 0 unspecified atom stereocenters. The third kappa shape index (κ3) is 4.11. The van der Waals surface area contributed by atoms with E-state index in [2.05, 4.69) is 5.32 Å². The van der Waals surface area contributed by atoms with E-state index in [0.29, 0.717) is 6.61 Å². The average Bonchev–Trinajstić information content (AvgIpc) is 2.28. The Hall–Kier alpha value is -0.320. The molecule has 0 aliphatic carbocycles. The van der Waals surface area contributed by atoms with Crippen molar-refractivity contribution in [3.8, 4) is 0 Å². The van der Waals surface area contributed by atoms with Gasteiger partial charge >= 0.3 is 0 Å². The first-order valence-electron chi connectivity index (χ1n) is 6.93. The number of hydrogen-bond acceptors (Lipinski definition) is 3. The molecule has 18 heavy (non-hydrogen) atoms. The fourth-order valence-corrected chi connectivity index (χ4v) is 2.67. The Kier molecular flexibility index (Phi) is 6.97. The predicted octanol–water partition coefficient (Wildman–Crippen LogP) is 1.58. The number of nitrogens with one attached hydrogen (secondary N) is 1. The first-order chi connectivity index (χ1) is 8.29. The molecule has 0 radical (unpaired) electrons. The maximum Gasteiger partial charge on any atom is 0.242 e. The van der Waals surface area contributed by atoms with Crippen LogP contribution in [-0.2, 0) is 9.53 Å². The van der Waals surface area contributed by atoms with Crippen LogP contribution in [0.25, 0.3) is 0 Å². The monoisotopic (exact) mass is 276 g/mol. The van der Waals surface area contributed by atoms with Gasteiger partial charge in [-0.3, -0.25) is 4.79 Å². The normalized spacial score (nSPS) is 29.9. The number of likely N-dealkylation sites (tertiary alicyclic amines) is 1. The van der Waals surface area contributed by atoms with Crippen molar-refractivity contribution in [2.75, 3.05) is 26.2 Å². The highest BCUT2D eigenvalue weighted by atomic mass is 35.5. The zero-order chi connectivity index (χ0) is 12.1. The molecule has 2 atom stereocenters. The second-order valence-corrected chi connectivity index (χ2v) is 5.10. The molecule has 0 bridgehead atoms. The molecular weight excluding hydrogens is 252 g/mol. The minimum absolute atomic E-state index is 0. The summed E-state index contributed by atoms with van der Waals surface area (Å²) in [6, 6.07) is -0.136. The number of carbonyl (C=O) groups excluding carboxylic acids is 1. The first kappa shape index (κ1) is 15.7. The maximum atomic E-state index is 12.4. The molecule has 2 heterocycles. The highest BCUT2D eigenvalue weighted by Crippen LogP contribution is 2.14. The molecule has 2 rings (SSSR count). The van der Waals surface area contributed by atoms with Crippen molar-refractivity contribution in [3.63, 3.8) is 0 Å². The molecule has 0 saturated carbocycles. The van der Waals surface area contributed by atoms with Gasteiger partial charge in [0.2, 0.25) is 5.91 Å². The Morgan fingerprint density at radius 3 is 2.39 bits per heavy atom. The maximum absolute atomic E-state index is 12.4. The van der Waals surface area contributed by atoms with Gasteiger partial charge in [0.05, 0.1) is 12.7 Å². The molecule has 106 valence electrons. The van der Waals surface area contributed by atoms with E-state index in [1.165, 1.54) is 19.3 Å². The molecule has 4 nitrogen and oxygen atoms in total. The van der Waals surface area contributed by atoms with E-state index in [-0.39, 0.29) is 30.5 Å². The summed E-state index contributed by atoms with van der Waals surface area (Å²) in [6.45, 7) is 5.33.